The third-order valence-corrected chi connectivity index (χ3v) is 10.9. The van der Waals surface area contributed by atoms with Crippen LogP contribution in [0.2, 0.25) is 0 Å². The van der Waals surface area contributed by atoms with E-state index in [0.717, 1.165) is 88.7 Å². The number of nitrogens with zero attached hydrogens (tertiary/aromatic N) is 3. The fourth-order valence-corrected chi connectivity index (χ4v) is 8.14. The number of hydrogen-bond acceptors (Lipinski definition) is 4. The van der Waals surface area contributed by atoms with Gasteiger partial charge in [-0.3, -0.25) is 0 Å². The molecule has 3 aromatic heterocycles. The molecule has 8 aromatic carbocycles. The molecule has 0 saturated carbocycles. The predicted octanol–water partition coefficient (Wildman–Crippen LogP) is 14.1. The molecule has 0 amide bonds. The normalized spacial score (nSPS) is 11.5. The van der Waals surface area contributed by atoms with Gasteiger partial charge >= 0.3 is 0 Å². The topological polar surface area (TPSA) is 51.8 Å². The van der Waals surface area contributed by atoms with Gasteiger partial charge in [-0.15, -0.1) is 0 Å². The highest BCUT2D eigenvalue weighted by Crippen LogP contribution is 2.41. The standard InChI is InChI=1S/C53H33N3O/c1-4-14-34(15-5-1)40-21-12-24-45-50(40)44-31-30-39(32-48(44)54-51(45)37-16-6-2-7-17-37)47-33-46(55-53(56-47)38-18-8-3-9-19-38)36-28-26-35(27-29-36)41-22-13-23-43-42-20-10-11-25-49(42)57-52(41)43/h1-33H. The minimum atomic E-state index is 0.669. The summed E-state index contributed by atoms with van der Waals surface area (Å²) in [4.78, 5) is 15.7. The van der Waals surface area contributed by atoms with Crippen LogP contribution < -0.4 is 0 Å². The summed E-state index contributed by atoms with van der Waals surface area (Å²) in [5, 5.41) is 5.65. The monoisotopic (exact) mass is 727 g/mol. The molecule has 11 rings (SSSR count). The zero-order valence-electron chi connectivity index (χ0n) is 30.8. The number of benzene rings is 8. The van der Waals surface area contributed by atoms with Gasteiger partial charge in [0.1, 0.15) is 11.2 Å². The number of furan rings is 1. The van der Waals surface area contributed by atoms with Gasteiger partial charge in [0.15, 0.2) is 5.82 Å². The molecular weight excluding hydrogens is 695 g/mol. The largest absolute Gasteiger partial charge is 0.455 e. The quantitative estimate of drug-likeness (QED) is 0.160. The Hall–Kier alpha value is -7.69. The van der Waals surface area contributed by atoms with Crippen molar-refractivity contribution in [3.05, 3.63) is 200 Å². The zero-order valence-corrected chi connectivity index (χ0v) is 30.8. The van der Waals surface area contributed by atoms with Gasteiger partial charge in [0.05, 0.1) is 22.6 Å². The lowest BCUT2D eigenvalue weighted by Gasteiger charge is -2.15. The maximum Gasteiger partial charge on any atom is 0.160 e. The van der Waals surface area contributed by atoms with Crippen molar-refractivity contribution >= 4 is 43.6 Å². The molecule has 0 atom stereocenters. The fraction of sp³-hybridized carbons (Fsp3) is 0. The number of fused-ring (bicyclic) bond motifs is 6. The van der Waals surface area contributed by atoms with E-state index in [9.17, 15) is 0 Å². The lowest BCUT2D eigenvalue weighted by molar-refractivity contribution is 0.670. The molecular formula is C53H33N3O. The lowest BCUT2D eigenvalue weighted by atomic mass is 9.92. The molecule has 3 heterocycles. The molecule has 0 aliphatic rings. The highest BCUT2D eigenvalue weighted by molar-refractivity contribution is 6.17. The van der Waals surface area contributed by atoms with Crippen LogP contribution in [0.25, 0.3) is 111 Å². The van der Waals surface area contributed by atoms with Gasteiger partial charge in [0.2, 0.25) is 0 Å². The third-order valence-electron chi connectivity index (χ3n) is 10.9. The Bertz CT molecular complexity index is 3260. The Labute approximate surface area is 329 Å². The van der Waals surface area contributed by atoms with E-state index in [4.69, 9.17) is 19.4 Å². The molecule has 57 heavy (non-hydrogen) atoms. The Kier molecular flexibility index (Phi) is 7.78. The maximum atomic E-state index is 6.37. The van der Waals surface area contributed by atoms with Gasteiger partial charge in [-0.2, -0.15) is 0 Å². The van der Waals surface area contributed by atoms with Crippen molar-refractivity contribution in [2.24, 2.45) is 0 Å². The smallest absolute Gasteiger partial charge is 0.160 e. The molecule has 0 saturated heterocycles. The van der Waals surface area contributed by atoms with Gasteiger partial charge in [-0.1, -0.05) is 182 Å². The molecule has 0 aliphatic carbocycles. The van der Waals surface area contributed by atoms with Gasteiger partial charge in [-0.25, -0.2) is 15.0 Å². The zero-order chi connectivity index (χ0) is 37.7. The summed E-state index contributed by atoms with van der Waals surface area (Å²) in [6.07, 6.45) is 0. The van der Waals surface area contributed by atoms with E-state index in [1.54, 1.807) is 0 Å². The lowest BCUT2D eigenvalue weighted by Crippen LogP contribution is -1.97. The summed E-state index contributed by atoms with van der Waals surface area (Å²) in [7, 11) is 0. The van der Waals surface area contributed by atoms with Crippen molar-refractivity contribution < 1.29 is 4.42 Å². The molecule has 11 aromatic rings. The average molecular weight is 728 g/mol. The first kappa shape index (κ1) is 32.7. The maximum absolute atomic E-state index is 6.37. The van der Waals surface area contributed by atoms with E-state index >= 15 is 0 Å². The number of hydrogen-bond donors (Lipinski definition) is 0. The summed E-state index contributed by atoms with van der Waals surface area (Å²) in [6.45, 7) is 0. The number of rotatable bonds is 6. The third kappa shape index (κ3) is 5.74. The highest BCUT2D eigenvalue weighted by Gasteiger charge is 2.18. The van der Waals surface area contributed by atoms with E-state index in [-0.39, 0.29) is 0 Å². The highest BCUT2D eigenvalue weighted by atomic mass is 16.3. The van der Waals surface area contributed by atoms with Crippen LogP contribution in [-0.2, 0) is 0 Å². The van der Waals surface area contributed by atoms with Gasteiger partial charge < -0.3 is 4.42 Å². The molecule has 0 N–H and O–H groups in total. The van der Waals surface area contributed by atoms with Crippen LogP contribution in [0, 0.1) is 0 Å². The molecule has 0 spiro atoms. The molecule has 4 heteroatoms. The average Bonchev–Trinajstić information content (AvgIpc) is 3.68. The van der Waals surface area contributed by atoms with Gasteiger partial charge in [0.25, 0.3) is 0 Å². The summed E-state index contributed by atoms with van der Waals surface area (Å²) in [6, 6.07) is 69.6. The van der Waals surface area contributed by atoms with Crippen molar-refractivity contribution in [2.45, 2.75) is 0 Å². The minimum Gasteiger partial charge on any atom is -0.455 e. The van der Waals surface area contributed by atoms with Crippen LogP contribution >= 0.6 is 0 Å². The van der Waals surface area contributed by atoms with Gasteiger partial charge in [0, 0.05) is 54.7 Å². The summed E-state index contributed by atoms with van der Waals surface area (Å²) >= 11 is 0. The first-order valence-corrected chi connectivity index (χ1v) is 19.2. The molecule has 0 radical (unpaired) electrons. The van der Waals surface area contributed by atoms with E-state index < -0.39 is 0 Å². The minimum absolute atomic E-state index is 0.669. The van der Waals surface area contributed by atoms with Crippen molar-refractivity contribution in [1.82, 2.24) is 15.0 Å². The molecule has 0 bridgehead atoms. The molecule has 4 nitrogen and oxygen atoms in total. The van der Waals surface area contributed by atoms with Crippen LogP contribution in [0.3, 0.4) is 0 Å². The number of aromatic nitrogens is 3. The second-order valence-corrected chi connectivity index (χ2v) is 14.3. The SMILES string of the molecule is c1ccc(-c2nc(-c3ccc(-c4cccc5c4oc4ccccc45)cc3)cc(-c3ccc4c(c3)nc(-c3ccccc3)c3cccc(-c5ccccc5)c34)n2)cc1. The number of pyridine rings is 1. The van der Waals surface area contributed by atoms with Crippen LogP contribution in [0.1, 0.15) is 0 Å². The fourth-order valence-electron chi connectivity index (χ4n) is 8.14. The summed E-state index contributed by atoms with van der Waals surface area (Å²) in [5.41, 5.74) is 13.8. The van der Waals surface area contributed by atoms with E-state index in [1.807, 2.05) is 36.4 Å². The van der Waals surface area contributed by atoms with Crippen LogP contribution in [0.5, 0.6) is 0 Å². The molecule has 0 unspecified atom stereocenters. The number of para-hydroxylation sites is 2. The predicted molar refractivity (Wildman–Crippen MR) is 235 cm³/mol. The molecule has 266 valence electrons. The Balaban J connectivity index is 1.07. The van der Waals surface area contributed by atoms with Crippen LogP contribution in [0.15, 0.2) is 205 Å². The second kappa shape index (κ2) is 13.6. The first-order chi connectivity index (χ1) is 28.2. The van der Waals surface area contributed by atoms with Crippen molar-refractivity contribution in [3.63, 3.8) is 0 Å². The van der Waals surface area contributed by atoms with Crippen LogP contribution in [-0.4, -0.2) is 15.0 Å². The first-order valence-electron chi connectivity index (χ1n) is 19.2. The Morgan fingerprint density at radius 3 is 1.65 bits per heavy atom. The Morgan fingerprint density at radius 2 is 0.895 bits per heavy atom. The second-order valence-electron chi connectivity index (χ2n) is 14.3. The van der Waals surface area contributed by atoms with Crippen molar-refractivity contribution in [3.8, 4) is 67.4 Å². The summed E-state index contributed by atoms with van der Waals surface area (Å²) in [5.74, 6) is 0.669. The molecule has 0 fully saturated rings. The van der Waals surface area contributed by atoms with E-state index in [2.05, 4.69) is 164 Å². The van der Waals surface area contributed by atoms with Gasteiger partial charge in [-0.05, 0) is 34.9 Å². The van der Waals surface area contributed by atoms with E-state index in [1.165, 1.54) is 16.5 Å². The van der Waals surface area contributed by atoms with Crippen LogP contribution in [0.4, 0.5) is 0 Å². The van der Waals surface area contributed by atoms with Crippen molar-refractivity contribution in [1.29, 1.82) is 0 Å². The van der Waals surface area contributed by atoms with Crippen molar-refractivity contribution in [2.75, 3.05) is 0 Å². The Morgan fingerprint density at radius 1 is 0.333 bits per heavy atom. The van der Waals surface area contributed by atoms with E-state index in [0.29, 0.717) is 5.82 Å². The molecule has 0 aliphatic heterocycles. The summed E-state index contributed by atoms with van der Waals surface area (Å²) < 4.78 is 6.37.